The number of nitrogens with one attached hydrogen (secondary N) is 3. The lowest BCUT2D eigenvalue weighted by Crippen LogP contribution is -2.45. The molecule has 2 unspecified atom stereocenters. The molecule has 2 heterocycles. The molecule has 0 spiro atoms. The molecule has 1 aliphatic heterocycles. The summed E-state index contributed by atoms with van der Waals surface area (Å²) in [4.78, 5) is 56.3. The number of aliphatic hydroxyl groups excluding tert-OH is 1. The number of amides is 2. The minimum atomic E-state index is -1.34. The first-order chi connectivity index (χ1) is 28.9. The van der Waals surface area contributed by atoms with E-state index in [0.29, 0.717) is 11.5 Å². The Morgan fingerprint density at radius 3 is 1.93 bits per heavy atom. The zero-order valence-electron chi connectivity index (χ0n) is 35.6. The fourth-order valence-electron chi connectivity index (χ4n) is 6.56. The number of aromatic amines is 1. The molecule has 2 amide bonds. The van der Waals surface area contributed by atoms with Crippen molar-refractivity contribution in [1.82, 2.24) is 20.2 Å². The highest BCUT2D eigenvalue weighted by Gasteiger charge is 2.48. The maximum atomic E-state index is 13.1. The number of rotatable bonds is 14. The quantitative estimate of drug-likeness (QED) is 0.0571. The minimum absolute atomic E-state index is 0.00191. The van der Waals surface area contributed by atoms with E-state index in [0.717, 1.165) is 21.3 Å². The monoisotopic (exact) mass is 845 g/mol. The number of alkyl carbamates (subject to hydrolysis) is 1. The number of aromatic nitrogens is 2. The van der Waals surface area contributed by atoms with Crippen LogP contribution >= 0.6 is 0 Å². The summed E-state index contributed by atoms with van der Waals surface area (Å²) < 4.78 is 42.2. The third kappa shape index (κ3) is 12.3. The third-order valence-electron chi connectivity index (χ3n) is 9.22. The van der Waals surface area contributed by atoms with Crippen molar-refractivity contribution in [2.45, 2.75) is 89.3 Å². The highest BCUT2D eigenvalue weighted by molar-refractivity contribution is 5.98. The topological polar surface area (TPSA) is 210 Å². The van der Waals surface area contributed by atoms with Crippen LogP contribution in [-0.4, -0.2) is 96.3 Å². The van der Waals surface area contributed by atoms with Crippen LogP contribution in [0.15, 0.2) is 106 Å². The fourth-order valence-corrected chi connectivity index (χ4v) is 6.56. The first kappa shape index (κ1) is 46.1. The van der Waals surface area contributed by atoms with E-state index in [1.54, 1.807) is 55.8 Å². The van der Waals surface area contributed by atoms with E-state index in [4.69, 9.17) is 33.2 Å². The lowest BCUT2D eigenvalue weighted by molar-refractivity contribution is -0.0982. The number of H-pyrrole nitrogens is 1. The predicted octanol–water partition coefficient (Wildman–Crippen LogP) is 5.00. The Morgan fingerprint density at radius 1 is 0.820 bits per heavy atom. The van der Waals surface area contributed by atoms with Crippen LogP contribution in [0.2, 0.25) is 0 Å². The van der Waals surface area contributed by atoms with Gasteiger partial charge in [-0.3, -0.25) is 19.7 Å². The molecule has 4 N–H and O–H groups in total. The van der Waals surface area contributed by atoms with Crippen molar-refractivity contribution in [3.8, 4) is 11.5 Å². The number of hydrogen-bond donors (Lipinski definition) is 4. The van der Waals surface area contributed by atoms with Crippen LogP contribution in [0.25, 0.3) is 0 Å². The average Bonchev–Trinajstić information content (AvgIpc) is 3.51. The van der Waals surface area contributed by atoms with E-state index in [1.807, 2.05) is 78.9 Å². The van der Waals surface area contributed by atoms with Crippen molar-refractivity contribution < 1.29 is 47.9 Å². The van der Waals surface area contributed by atoms with Gasteiger partial charge in [0.15, 0.2) is 6.23 Å². The second kappa shape index (κ2) is 20.0. The Morgan fingerprint density at radius 2 is 1.39 bits per heavy atom. The fraction of sp³-hybridized carbons (Fsp3) is 0.432. The predicted molar refractivity (Wildman–Crippen MR) is 225 cm³/mol. The first-order valence-electron chi connectivity index (χ1n) is 19.7. The van der Waals surface area contributed by atoms with Gasteiger partial charge in [-0.25, -0.2) is 14.4 Å². The number of benzene rings is 3. The van der Waals surface area contributed by atoms with Crippen LogP contribution in [0.5, 0.6) is 11.5 Å². The van der Waals surface area contributed by atoms with Crippen molar-refractivity contribution in [2.75, 3.05) is 34.0 Å². The summed E-state index contributed by atoms with van der Waals surface area (Å²) >= 11 is 0. The van der Waals surface area contributed by atoms with Gasteiger partial charge in [0.25, 0.3) is 5.56 Å². The minimum Gasteiger partial charge on any atom is -0.497 e. The van der Waals surface area contributed by atoms with Crippen molar-refractivity contribution >= 4 is 18.1 Å². The molecule has 1 fully saturated rings. The molecule has 1 aliphatic rings. The van der Waals surface area contributed by atoms with Gasteiger partial charge in [0.05, 0.1) is 20.8 Å². The third-order valence-corrected chi connectivity index (χ3v) is 9.22. The number of carbonyl (C=O) groups excluding carboxylic acids is 2. The average molecular weight is 846 g/mol. The number of carbonyl (C=O) groups is 2. The van der Waals surface area contributed by atoms with Crippen molar-refractivity contribution in [3.05, 3.63) is 129 Å². The molecule has 17 nitrogen and oxygen atoms in total. The van der Waals surface area contributed by atoms with Gasteiger partial charge in [-0.1, -0.05) is 54.6 Å². The molecule has 328 valence electrons. The van der Waals surface area contributed by atoms with Crippen LogP contribution in [0.3, 0.4) is 0 Å². The van der Waals surface area contributed by atoms with Gasteiger partial charge >= 0.3 is 17.9 Å². The van der Waals surface area contributed by atoms with Gasteiger partial charge in [-0.05, 0) is 88.9 Å². The van der Waals surface area contributed by atoms with E-state index in [-0.39, 0.29) is 32.1 Å². The molecule has 4 aromatic rings. The summed E-state index contributed by atoms with van der Waals surface area (Å²) in [5.41, 5.74) is -2.00. The molecule has 0 aliphatic carbocycles. The standard InChI is InChI=1S/C44H55N5O12/c1-42(2,3)60-40(53)47-38(48-41(54)61-43(4,5)6)45-24-12-26-57-36-35(51)33(59-37(36)49-25-23-34(50)46-39(49)52)27-58-44(28-13-10-9-11-14-28,29-15-19-31(55-7)20-16-29)30-17-21-32(56-8)22-18-30/h9-11,13-23,25,33,35-37,51H,12,24,26-27H2,1-8H3,(H,46,50,52)(H2,45,47,48,53,54)/t33-,35?,36?,37-/m0/s1. The second-order valence-corrected chi connectivity index (χ2v) is 16.1. The van der Waals surface area contributed by atoms with E-state index in [9.17, 15) is 24.3 Å². The number of aliphatic imine (C=N–C) groups is 1. The zero-order chi connectivity index (χ0) is 44.4. The van der Waals surface area contributed by atoms with Gasteiger partial charge < -0.3 is 43.6 Å². The van der Waals surface area contributed by atoms with Crippen molar-refractivity contribution in [3.63, 3.8) is 0 Å². The number of methoxy groups -OCH3 is 2. The second-order valence-electron chi connectivity index (χ2n) is 16.1. The molecule has 0 saturated carbocycles. The van der Waals surface area contributed by atoms with Crippen LogP contribution in [0.4, 0.5) is 9.59 Å². The van der Waals surface area contributed by atoms with Crippen LogP contribution in [0, 0.1) is 0 Å². The van der Waals surface area contributed by atoms with Gasteiger partial charge in [0, 0.05) is 25.4 Å². The molecule has 5 rings (SSSR count). The summed E-state index contributed by atoms with van der Waals surface area (Å²) in [6.07, 6.45) is -4.95. The molecule has 1 aromatic heterocycles. The van der Waals surface area contributed by atoms with Crippen LogP contribution in [0.1, 0.15) is 70.9 Å². The Hall–Kier alpha value is -6.01. The number of guanidine groups is 1. The zero-order valence-corrected chi connectivity index (χ0v) is 35.6. The maximum absolute atomic E-state index is 13.1. The lowest BCUT2D eigenvalue weighted by Gasteiger charge is -2.37. The Labute approximate surface area is 354 Å². The summed E-state index contributed by atoms with van der Waals surface area (Å²) in [6.45, 7) is 10.0. The number of hydrogen-bond acceptors (Lipinski definition) is 12. The van der Waals surface area contributed by atoms with Crippen LogP contribution in [-0.2, 0) is 29.3 Å². The largest absolute Gasteiger partial charge is 0.497 e. The van der Waals surface area contributed by atoms with Crippen molar-refractivity contribution in [1.29, 1.82) is 0 Å². The summed E-state index contributed by atoms with van der Waals surface area (Å²) in [6, 6.07) is 25.7. The van der Waals surface area contributed by atoms with Gasteiger partial charge in [0.2, 0.25) is 5.96 Å². The van der Waals surface area contributed by atoms with Gasteiger partial charge in [-0.15, -0.1) is 4.99 Å². The van der Waals surface area contributed by atoms with E-state index >= 15 is 0 Å². The van der Waals surface area contributed by atoms with Gasteiger partial charge in [0.1, 0.15) is 46.6 Å². The Kier molecular flexibility index (Phi) is 15.1. The summed E-state index contributed by atoms with van der Waals surface area (Å²) in [7, 11) is 3.17. The normalized spacial score (nSPS) is 18.3. The van der Waals surface area contributed by atoms with Crippen molar-refractivity contribution in [2.24, 2.45) is 4.99 Å². The lowest BCUT2D eigenvalue weighted by atomic mass is 9.80. The SMILES string of the molecule is COc1ccc(C(OC[C@@H]2O[C@H](n3ccc(=O)[nH]c3=O)C(OCCCNC(=NC(=O)OC(C)(C)C)NC(=O)OC(C)(C)C)C2O)(c2ccccc2)c2ccc(OC)cc2)cc1. The molecule has 3 aromatic carbocycles. The van der Waals surface area contributed by atoms with Crippen LogP contribution < -0.4 is 31.4 Å². The smallest absolute Gasteiger partial charge is 0.437 e. The Bertz CT molecular complexity index is 2160. The van der Waals surface area contributed by atoms with Gasteiger partial charge in [-0.2, -0.15) is 0 Å². The Balaban J connectivity index is 1.39. The molecular formula is C44H55N5O12. The number of aliphatic hydroxyl groups is 1. The highest BCUT2D eigenvalue weighted by atomic mass is 16.6. The molecule has 17 heteroatoms. The highest BCUT2D eigenvalue weighted by Crippen LogP contribution is 2.43. The number of nitrogens with zero attached hydrogens (tertiary/aromatic N) is 2. The first-order valence-corrected chi connectivity index (χ1v) is 19.7. The summed E-state index contributed by atoms with van der Waals surface area (Å²) in [5, 5.41) is 17.2. The number of ether oxygens (including phenoxy) is 7. The van der Waals surface area contributed by atoms with E-state index < -0.39 is 64.8 Å². The van der Waals surface area contributed by atoms with E-state index in [2.05, 4.69) is 20.6 Å². The summed E-state index contributed by atoms with van der Waals surface area (Å²) in [5.74, 6) is 1.08. The molecule has 4 atom stereocenters. The maximum Gasteiger partial charge on any atom is 0.437 e. The molecule has 61 heavy (non-hydrogen) atoms. The van der Waals surface area contributed by atoms with E-state index in [1.165, 1.54) is 12.3 Å². The molecule has 1 saturated heterocycles. The molecular weight excluding hydrogens is 791 g/mol. The molecule has 0 bridgehead atoms. The molecule has 0 radical (unpaired) electrons.